The number of nitro groups is 1. The first-order valence-corrected chi connectivity index (χ1v) is 6.53. The fourth-order valence-corrected chi connectivity index (χ4v) is 2.73. The smallest absolute Gasteiger partial charge is 0.270 e. The monoisotopic (exact) mass is 282 g/mol. The second kappa shape index (κ2) is 5.17. The van der Waals surface area contributed by atoms with Crippen molar-refractivity contribution >= 4 is 23.2 Å². The second-order valence-corrected chi connectivity index (χ2v) is 5.48. The highest BCUT2D eigenvalue weighted by Crippen LogP contribution is 2.28. The molecule has 0 aromatic heterocycles. The predicted octanol–water partition coefficient (Wildman–Crippen LogP) is 3.12. The Kier molecular flexibility index (Phi) is 3.75. The van der Waals surface area contributed by atoms with Crippen molar-refractivity contribution in [2.75, 3.05) is 6.54 Å². The van der Waals surface area contributed by atoms with Crippen LogP contribution in [0.3, 0.4) is 0 Å². The highest BCUT2D eigenvalue weighted by Gasteiger charge is 2.32. The van der Waals surface area contributed by atoms with E-state index in [1.165, 1.54) is 18.2 Å². The van der Waals surface area contributed by atoms with Crippen LogP contribution in [0.15, 0.2) is 18.2 Å². The van der Waals surface area contributed by atoms with E-state index in [4.69, 9.17) is 11.6 Å². The number of nitrogens with zero attached hydrogens (tertiary/aromatic N) is 2. The van der Waals surface area contributed by atoms with Crippen LogP contribution in [0.25, 0.3) is 0 Å². The van der Waals surface area contributed by atoms with Gasteiger partial charge in [0.25, 0.3) is 11.6 Å². The van der Waals surface area contributed by atoms with Crippen molar-refractivity contribution in [1.29, 1.82) is 0 Å². The van der Waals surface area contributed by atoms with E-state index >= 15 is 0 Å². The van der Waals surface area contributed by atoms with Crippen LogP contribution in [-0.4, -0.2) is 28.3 Å². The lowest BCUT2D eigenvalue weighted by Gasteiger charge is -2.21. The van der Waals surface area contributed by atoms with Gasteiger partial charge in [-0.3, -0.25) is 14.9 Å². The van der Waals surface area contributed by atoms with Crippen molar-refractivity contribution in [2.24, 2.45) is 5.92 Å². The van der Waals surface area contributed by atoms with Gasteiger partial charge in [0.05, 0.1) is 15.5 Å². The number of non-ortho nitro benzene ring substituents is 1. The van der Waals surface area contributed by atoms with Crippen molar-refractivity contribution in [1.82, 2.24) is 4.90 Å². The van der Waals surface area contributed by atoms with Crippen molar-refractivity contribution in [2.45, 2.75) is 26.3 Å². The van der Waals surface area contributed by atoms with Gasteiger partial charge in [-0.2, -0.15) is 0 Å². The van der Waals surface area contributed by atoms with Crippen LogP contribution in [-0.2, 0) is 0 Å². The van der Waals surface area contributed by atoms with E-state index in [2.05, 4.69) is 6.92 Å². The first-order chi connectivity index (χ1) is 8.90. The highest BCUT2D eigenvalue weighted by molar-refractivity contribution is 6.33. The van der Waals surface area contributed by atoms with E-state index in [-0.39, 0.29) is 28.2 Å². The van der Waals surface area contributed by atoms with Crippen LogP contribution < -0.4 is 0 Å². The maximum absolute atomic E-state index is 12.4. The fourth-order valence-electron chi connectivity index (χ4n) is 2.53. The third-order valence-corrected chi connectivity index (χ3v) is 3.77. The molecule has 1 aliphatic heterocycles. The quantitative estimate of drug-likeness (QED) is 0.618. The number of amides is 1. The molecule has 0 radical (unpaired) electrons. The fraction of sp³-hybridized carbons (Fsp3) is 0.462. The zero-order valence-corrected chi connectivity index (χ0v) is 11.6. The zero-order valence-electron chi connectivity index (χ0n) is 10.8. The van der Waals surface area contributed by atoms with Crippen LogP contribution in [0.5, 0.6) is 0 Å². The van der Waals surface area contributed by atoms with E-state index in [0.29, 0.717) is 12.5 Å². The molecule has 102 valence electrons. The standard InChI is InChI=1S/C13H15ClN2O3/c1-8-5-9(2)15(7-8)13(17)11-6-10(16(18)19)3-4-12(11)14/h3-4,6,8-9H,5,7H2,1-2H3. The predicted molar refractivity (Wildman–Crippen MR) is 72.4 cm³/mol. The lowest BCUT2D eigenvalue weighted by Crippen LogP contribution is -2.34. The Hall–Kier alpha value is -1.62. The Morgan fingerprint density at radius 1 is 1.47 bits per heavy atom. The second-order valence-electron chi connectivity index (χ2n) is 5.07. The molecule has 1 aliphatic rings. The lowest BCUT2D eigenvalue weighted by atomic mass is 10.1. The number of likely N-dealkylation sites (tertiary alicyclic amines) is 1. The molecule has 1 saturated heterocycles. The van der Waals surface area contributed by atoms with Crippen LogP contribution in [0, 0.1) is 16.0 Å². The van der Waals surface area contributed by atoms with E-state index in [0.717, 1.165) is 6.42 Å². The molecular weight excluding hydrogens is 268 g/mol. The Morgan fingerprint density at radius 2 is 2.16 bits per heavy atom. The molecule has 19 heavy (non-hydrogen) atoms. The van der Waals surface area contributed by atoms with Crippen LogP contribution in [0.4, 0.5) is 5.69 Å². The molecule has 1 fully saturated rings. The van der Waals surface area contributed by atoms with Gasteiger partial charge in [-0.15, -0.1) is 0 Å². The van der Waals surface area contributed by atoms with Crippen molar-refractivity contribution in [3.05, 3.63) is 38.9 Å². The molecule has 0 bridgehead atoms. The molecule has 0 N–H and O–H groups in total. The summed E-state index contributed by atoms with van der Waals surface area (Å²) < 4.78 is 0. The zero-order chi connectivity index (χ0) is 14.2. The van der Waals surface area contributed by atoms with Crippen LogP contribution in [0.1, 0.15) is 30.6 Å². The topological polar surface area (TPSA) is 63.5 Å². The maximum Gasteiger partial charge on any atom is 0.270 e. The summed E-state index contributed by atoms with van der Waals surface area (Å²) in [7, 11) is 0. The number of benzene rings is 1. The molecule has 2 unspecified atom stereocenters. The Balaban J connectivity index is 2.33. The Labute approximate surface area is 116 Å². The molecule has 0 spiro atoms. The number of rotatable bonds is 2. The molecule has 5 nitrogen and oxygen atoms in total. The molecule has 1 heterocycles. The summed E-state index contributed by atoms with van der Waals surface area (Å²) in [5.74, 6) is 0.210. The van der Waals surface area contributed by atoms with Gasteiger partial charge in [0.1, 0.15) is 0 Å². The minimum absolute atomic E-state index is 0.118. The van der Waals surface area contributed by atoms with Crippen LogP contribution >= 0.6 is 11.6 Å². The minimum Gasteiger partial charge on any atom is -0.336 e. The van der Waals surface area contributed by atoms with Gasteiger partial charge in [0, 0.05) is 24.7 Å². The normalized spacial score (nSPS) is 22.6. The summed E-state index contributed by atoms with van der Waals surface area (Å²) in [6.45, 7) is 4.73. The number of hydrogen-bond acceptors (Lipinski definition) is 3. The largest absolute Gasteiger partial charge is 0.336 e. The molecular formula is C13H15ClN2O3. The van der Waals surface area contributed by atoms with Gasteiger partial charge in [-0.1, -0.05) is 18.5 Å². The summed E-state index contributed by atoms with van der Waals surface area (Å²) >= 11 is 5.99. The SMILES string of the molecule is CC1CC(C)N(C(=O)c2cc([N+](=O)[O-])ccc2Cl)C1. The highest BCUT2D eigenvalue weighted by atomic mass is 35.5. The number of carbonyl (C=O) groups excluding carboxylic acids is 1. The third-order valence-electron chi connectivity index (χ3n) is 3.44. The first kappa shape index (κ1) is 13.8. The number of halogens is 1. The minimum atomic E-state index is -0.525. The van der Waals surface area contributed by atoms with Gasteiger partial charge in [-0.25, -0.2) is 0 Å². The maximum atomic E-state index is 12.4. The van der Waals surface area contributed by atoms with Gasteiger partial charge < -0.3 is 4.90 Å². The number of nitro benzene ring substituents is 1. The van der Waals surface area contributed by atoms with Gasteiger partial charge in [-0.05, 0) is 25.3 Å². The summed E-state index contributed by atoms with van der Waals surface area (Å²) in [5.41, 5.74) is 0.0875. The Bertz CT molecular complexity index is 533. The molecule has 1 aromatic rings. The van der Waals surface area contributed by atoms with Crippen LogP contribution in [0.2, 0.25) is 5.02 Å². The van der Waals surface area contributed by atoms with E-state index < -0.39 is 4.92 Å². The molecule has 1 aromatic carbocycles. The third kappa shape index (κ3) is 2.71. The van der Waals surface area contributed by atoms with E-state index in [1.54, 1.807) is 4.90 Å². The molecule has 0 aliphatic carbocycles. The number of hydrogen-bond donors (Lipinski definition) is 0. The summed E-state index contributed by atoms with van der Waals surface area (Å²) in [6.07, 6.45) is 0.943. The summed E-state index contributed by atoms with van der Waals surface area (Å²) in [5, 5.41) is 11.0. The molecule has 1 amide bonds. The van der Waals surface area contributed by atoms with E-state index in [1.807, 2.05) is 6.92 Å². The van der Waals surface area contributed by atoms with Crippen molar-refractivity contribution in [3.8, 4) is 0 Å². The average molecular weight is 283 g/mol. The van der Waals surface area contributed by atoms with Crippen molar-refractivity contribution < 1.29 is 9.72 Å². The summed E-state index contributed by atoms with van der Waals surface area (Å²) in [6, 6.07) is 4.09. The summed E-state index contributed by atoms with van der Waals surface area (Å²) in [4.78, 5) is 24.4. The first-order valence-electron chi connectivity index (χ1n) is 6.15. The van der Waals surface area contributed by atoms with Gasteiger partial charge in [0.15, 0.2) is 0 Å². The molecule has 6 heteroatoms. The molecule has 0 saturated carbocycles. The average Bonchev–Trinajstić information content (AvgIpc) is 2.68. The van der Waals surface area contributed by atoms with Gasteiger partial charge >= 0.3 is 0 Å². The Morgan fingerprint density at radius 3 is 2.68 bits per heavy atom. The van der Waals surface area contributed by atoms with Gasteiger partial charge in [0.2, 0.25) is 0 Å². The molecule has 2 atom stereocenters. The van der Waals surface area contributed by atoms with E-state index in [9.17, 15) is 14.9 Å². The lowest BCUT2D eigenvalue weighted by molar-refractivity contribution is -0.384. The molecule has 2 rings (SSSR count). The number of carbonyl (C=O) groups is 1. The van der Waals surface area contributed by atoms with Crippen molar-refractivity contribution in [3.63, 3.8) is 0 Å².